The molecule has 8 nitrogen and oxygen atoms in total. The van der Waals surface area contributed by atoms with Gasteiger partial charge in [0.1, 0.15) is 12.6 Å². The fraction of sp³-hybridized carbons (Fsp3) is 0.688. The predicted octanol–water partition coefficient (Wildman–Crippen LogP) is 10.6. The van der Waals surface area contributed by atoms with Crippen LogP contribution in [0.25, 0.3) is 0 Å². The number of quaternary nitrogens is 1. The summed E-state index contributed by atoms with van der Waals surface area (Å²) in [5, 5.41) is 11.6. The highest BCUT2D eigenvalue weighted by Crippen LogP contribution is 2.12. The molecule has 0 heterocycles. The van der Waals surface area contributed by atoms with E-state index >= 15 is 0 Å². The fourth-order valence-electron chi connectivity index (χ4n) is 5.91. The van der Waals surface area contributed by atoms with E-state index in [9.17, 15) is 19.5 Å². The van der Waals surface area contributed by atoms with Gasteiger partial charge >= 0.3 is 11.9 Å². The number of carbonyl (C=O) groups is 3. The van der Waals surface area contributed by atoms with Gasteiger partial charge in [-0.05, 0) is 83.5 Å². The second-order valence-corrected chi connectivity index (χ2v) is 15.5. The van der Waals surface area contributed by atoms with Gasteiger partial charge in [-0.25, -0.2) is 0 Å². The number of carboxylic acid groups (broad SMARTS) is 1. The first-order valence-electron chi connectivity index (χ1n) is 22.0. The van der Waals surface area contributed by atoms with Gasteiger partial charge in [-0.2, -0.15) is 0 Å². The maximum absolute atomic E-state index is 12.7. The van der Waals surface area contributed by atoms with E-state index in [0.717, 1.165) is 70.6 Å². The fourth-order valence-corrected chi connectivity index (χ4v) is 5.91. The molecule has 0 rings (SSSR count). The van der Waals surface area contributed by atoms with Crippen molar-refractivity contribution in [3.05, 3.63) is 72.9 Å². The van der Waals surface area contributed by atoms with Crippen molar-refractivity contribution in [2.75, 3.05) is 41.0 Å². The molecule has 0 aromatic carbocycles. The van der Waals surface area contributed by atoms with E-state index < -0.39 is 18.1 Å². The van der Waals surface area contributed by atoms with Crippen molar-refractivity contribution in [2.45, 2.75) is 174 Å². The molecule has 2 atom stereocenters. The summed E-state index contributed by atoms with van der Waals surface area (Å²) >= 11 is 0. The minimum atomic E-state index is -1.14. The Kier molecular flexibility index (Phi) is 36.4. The molecule has 0 spiro atoms. The zero-order valence-electron chi connectivity index (χ0n) is 36.3. The largest absolute Gasteiger partial charge is 0.544 e. The monoisotopic (exact) mass is 784 g/mol. The summed E-state index contributed by atoms with van der Waals surface area (Å²) in [7, 11) is 5.38. The molecule has 0 radical (unpaired) electrons. The second-order valence-electron chi connectivity index (χ2n) is 15.5. The van der Waals surface area contributed by atoms with Crippen molar-refractivity contribution in [1.29, 1.82) is 0 Å². The van der Waals surface area contributed by atoms with Crippen LogP contribution in [0.15, 0.2) is 72.9 Å². The van der Waals surface area contributed by atoms with Crippen LogP contribution in [0.5, 0.6) is 0 Å². The van der Waals surface area contributed by atoms with E-state index in [0.29, 0.717) is 12.8 Å². The van der Waals surface area contributed by atoms with E-state index in [-0.39, 0.29) is 49.1 Å². The Morgan fingerprint density at radius 1 is 0.554 bits per heavy atom. The number of carboxylic acids is 1. The first-order chi connectivity index (χ1) is 27.1. The summed E-state index contributed by atoms with van der Waals surface area (Å²) in [6, 6.07) is -0.737. The zero-order valence-corrected chi connectivity index (χ0v) is 36.3. The Bertz CT molecular complexity index is 1140. The van der Waals surface area contributed by atoms with Crippen LogP contribution in [0.4, 0.5) is 0 Å². The van der Waals surface area contributed by atoms with Crippen molar-refractivity contribution < 1.29 is 38.2 Å². The van der Waals surface area contributed by atoms with E-state index in [1.165, 1.54) is 51.4 Å². The lowest BCUT2D eigenvalue weighted by Crippen LogP contribution is -2.55. The maximum Gasteiger partial charge on any atom is 0.306 e. The molecule has 0 N–H and O–H groups in total. The number of aliphatic carboxylic acids is 1. The molecule has 0 amide bonds. The Hall–Kier alpha value is -3.23. The average Bonchev–Trinajstić information content (AvgIpc) is 3.15. The van der Waals surface area contributed by atoms with Crippen LogP contribution in [0.1, 0.15) is 162 Å². The van der Waals surface area contributed by atoms with Gasteiger partial charge in [0.05, 0.1) is 40.3 Å². The Balaban J connectivity index is 4.43. The van der Waals surface area contributed by atoms with Crippen molar-refractivity contribution in [3.8, 4) is 0 Å². The van der Waals surface area contributed by atoms with E-state index in [4.69, 9.17) is 14.2 Å². The molecule has 0 bridgehead atoms. The normalized spacial score (nSPS) is 13.7. The van der Waals surface area contributed by atoms with Crippen LogP contribution in [-0.2, 0) is 28.6 Å². The lowest BCUT2D eigenvalue weighted by atomic mass is 10.1. The summed E-state index contributed by atoms with van der Waals surface area (Å²) < 4.78 is 17.1. The molecule has 320 valence electrons. The van der Waals surface area contributed by atoms with Gasteiger partial charge in [-0.1, -0.05) is 132 Å². The third-order valence-electron chi connectivity index (χ3n) is 9.33. The van der Waals surface area contributed by atoms with Gasteiger partial charge < -0.3 is 28.6 Å². The highest BCUT2D eigenvalue weighted by atomic mass is 16.6. The first kappa shape index (κ1) is 52.8. The van der Waals surface area contributed by atoms with Gasteiger partial charge in [-0.15, -0.1) is 0 Å². The SMILES string of the molecule is CC/C=C\C/C=C\C/C=C\C/C=C\CCCCC(=O)OC(COCCC(C(=O)[O-])[N+](C)(C)C)COC(=O)CCCCCCCCC/C=C\C/C=C\CCCCC. The maximum atomic E-state index is 12.7. The van der Waals surface area contributed by atoms with Crippen molar-refractivity contribution in [2.24, 2.45) is 0 Å². The summed E-state index contributed by atoms with van der Waals surface area (Å²) in [4.78, 5) is 36.8. The Morgan fingerprint density at radius 2 is 1.00 bits per heavy atom. The van der Waals surface area contributed by atoms with Crippen molar-refractivity contribution >= 4 is 17.9 Å². The number of rotatable bonds is 38. The standard InChI is InChI=1S/C48H81NO7/c1-6-8-10-12-14-16-18-20-22-23-25-26-28-30-32-34-36-38-46(50)55-43-44(42-54-41-40-45(48(52)53)49(3,4)5)56-47(51)39-37-35-33-31-29-27-24-21-19-17-15-13-11-9-7-2/h9,11,14-17,20-22,24,29,31,44-45H,6-8,10,12-13,18-19,23,25-28,30,32-43H2,1-5H3/b11-9-,16-14-,17-15-,22-20-,24-21-,31-29-. The van der Waals surface area contributed by atoms with Gasteiger partial charge in [0, 0.05) is 19.3 Å². The molecule has 0 saturated carbocycles. The summed E-state index contributed by atoms with van der Waals surface area (Å²) in [6.45, 7) is 4.45. The second kappa shape index (κ2) is 38.6. The van der Waals surface area contributed by atoms with Gasteiger partial charge in [-0.3, -0.25) is 9.59 Å². The molecule has 0 aromatic rings. The van der Waals surface area contributed by atoms with Gasteiger partial charge in [0.25, 0.3) is 0 Å². The van der Waals surface area contributed by atoms with Crippen LogP contribution >= 0.6 is 0 Å². The van der Waals surface area contributed by atoms with Crippen LogP contribution in [-0.4, -0.2) is 75.5 Å². The van der Waals surface area contributed by atoms with Crippen LogP contribution in [0.2, 0.25) is 0 Å². The highest BCUT2D eigenvalue weighted by molar-refractivity contribution is 5.70. The molecular formula is C48H81NO7. The average molecular weight is 784 g/mol. The summed E-state index contributed by atoms with van der Waals surface area (Å²) in [6.07, 6.45) is 47.8. The third kappa shape index (κ3) is 36.4. The lowest BCUT2D eigenvalue weighted by Gasteiger charge is -2.34. The number of carbonyl (C=O) groups excluding carboxylic acids is 3. The summed E-state index contributed by atoms with van der Waals surface area (Å²) in [5.41, 5.74) is 0. The molecule has 0 aliphatic carbocycles. The molecule has 0 aliphatic heterocycles. The Labute approximate surface area is 342 Å². The first-order valence-corrected chi connectivity index (χ1v) is 22.0. The number of ether oxygens (including phenoxy) is 3. The van der Waals surface area contributed by atoms with Crippen molar-refractivity contribution in [1.82, 2.24) is 0 Å². The van der Waals surface area contributed by atoms with Crippen LogP contribution < -0.4 is 5.11 Å². The minimum Gasteiger partial charge on any atom is -0.544 e. The predicted molar refractivity (Wildman–Crippen MR) is 231 cm³/mol. The van der Waals surface area contributed by atoms with Gasteiger partial charge in [0.2, 0.25) is 0 Å². The third-order valence-corrected chi connectivity index (χ3v) is 9.33. The number of nitrogens with zero attached hydrogens (tertiary/aromatic N) is 1. The molecule has 0 aliphatic rings. The molecule has 56 heavy (non-hydrogen) atoms. The smallest absolute Gasteiger partial charge is 0.306 e. The number of hydrogen-bond donors (Lipinski definition) is 0. The van der Waals surface area contributed by atoms with Crippen LogP contribution in [0.3, 0.4) is 0 Å². The summed E-state index contributed by atoms with van der Waals surface area (Å²) in [5.74, 6) is -1.81. The van der Waals surface area contributed by atoms with E-state index in [2.05, 4.69) is 86.8 Å². The highest BCUT2D eigenvalue weighted by Gasteiger charge is 2.25. The topological polar surface area (TPSA) is 102 Å². The molecule has 0 fully saturated rings. The number of esters is 2. The lowest BCUT2D eigenvalue weighted by molar-refractivity contribution is -0.889. The molecule has 0 aromatic heterocycles. The van der Waals surface area contributed by atoms with Crippen molar-refractivity contribution in [3.63, 3.8) is 0 Å². The number of hydrogen-bond acceptors (Lipinski definition) is 7. The van der Waals surface area contributed by atoms with E-state index in [1.54, 1.807) is 21.1 Å². The zero-order chi connectivity index (χ0) is 41.4. The number of likely N-dealkylation sites (N-methyl/N-ethyl adjacent to an activating group) is 1. The number of unbranched alkanes of at least 4 members (excludes halogenated alkanes) is 12. The van der Waals surface area contributed by atoms with Gasteiger partial charge in [0.15, 0.2) is 6.10 Å². The molecular weight excluding hydrogens is 703 g/mol. The minimum absolute atomic E-state index is 0.0177. The van der Waals surface area contributed by atoms with Crippen LogP contribution in [0, 0.1) is 0 Å². The molecule has 0 saturated heterocycles. The van der Waals surface area contributed by atoms with E-state index in [1.807, 2.05) is 0 Å². The molecule has 2 unspecified atom stereocenters. The number of allylic oxidation sites excluding steroid dienone is 12. The Morgan fingerprint density at radius 3 is 1.52 bits per heavy atom. The quantitative estimate of drug-likeness (QED) is 0.0266. The molecule has 8 heteroatoms.